The highest BCUT2D eigenvalue weighted by Crippen LogP contribution is 2.35. The van der Waals surface area contributed by atoms with Crippen molar-refractivity contribution in [3.63, 3.8) is 0 Å². The summed E-state index contributed by atoms with van der Waals surface area (Å²) in [7, 11) is 0. The second-order valence-corrected chi connectivity index (χ2v) is 5.41. The van der Waals surface area contributed by atoms with Crippen molar-refractivity contribution in [1.29, 1.82) is 0 Å². The standard InChI is InChI=1S/C15H11BrN2O3/c16-10-6-4-9(5-7-10)8-13-17-15(21-18-13)14-11(19)2-1-3-12(14)20/h1-7,19-20H,8H2. The normalized spacial score (nSPS) is 10.7. The SMILES string of the molecule is Oc1cccc(O)c1-c1nc(Cc2ccc(Br)cc2)no1. The zero-order valence-electron chi connectivity index (χ0n) is 10.8. The van der Waals surface area contributed by atoms with E-state index in [1.165, 1.54) is 18.2 Å². The Morgan fingerprint density at radius 3 is 2.33 bits per heavy atom. The van der Waals surface area contributed by atoms with Crippen molar-refractivity contribution in [2.75, 3.05) is 0 Å². The molecule has 0 aliphatic heterocycles. The molecule has 21 heavy (non-hydrogen) atoms. The summed E-state index contributed by atoms with van der Waals surface area (Å²) in [5.41, 5.74) is 1.18. The Bertz CT molecular complexity index is 749. The van der Waals surface area contributed by atoms with Crippen LogP contribution in [0.3, 0.4) is 0 Å². The first-order valence-corrected chi connectivity index (χ1v) is 7.01. The summed E-state index contributed by atoms with van der Waals surface area (Å²) >= 11 is 3.38. The minimum atomic E-state index is -0.103. The molecule has 2 N–H and O–H groups in total. The zero-order chi connectivity index (χ0) is 14.8. The Kier molecular flexibility index (Phi) is 3.62. The predicted octanol–water partition coefficient (Wildman–Crippen LogP) is 3.50. The minimum absolute atomic E-state index is 0.0951. The summed E-state index contributed by atoms with van der Waals surface area (Å²) in [5, 5.41) is 23.4. The zero-order valence-corrected chi connectivity index (χ0v) is 12.4. The number of nitrogens with zero attached hydrogens (tertiary/aromatic N) is 2. The summed E-state index contributed by atoms with van der Waals surface area (Å²) in [6.45, 7) is 0. The molecule has 0 spiro atoms. The summed E-state index contributed by atoms with van der Waals surface area (Å²) in [4.78, 5) is 4.21. The number of hydrogen-bond donors (Lipinski definition) is 2. The highest BCUT2D eigenvalue weighted by atomic mass is 79.9. The van der Waals surface area contributed by atoms with Gasteiger partial charge in [-0.1, -0.05) is 39.3 Å². The number of aromatic nitrogens is 2. The van der Waals surface area contributed by atoms with Gasteiger partial charge in [-0.2, -0.15) is 4.98 Å². The van der Waals surface area contributed by atoms with Crippen LogP contribution in [0.15, 0.2) is 51.5 Å². The molecule has 3 rings (SSSR count). The fourth-order valence-corrected chi connectivity index (χ4v) is 2.22. The maximum Gasteiger partial charge on any atom is 0.265 e. The highest BCUT2D eigenvalue weighted by Gasteiger charge is 2.17. The topological polar surface area (TPSA) is 79.4 Å². The smallest absolute Gasteiger partial charge is 0.265 e. The predicted molar refractivity (Wildman–Crippen MR) is 80.0 cm³/mol. The molecule has 0 fully saturated rings. The summed E-state index contributed by atoms with van der Waals surface area (Å²) in [6, 6.07) is 12.2. The van der Waals surface area contributed by atoms with Crippen LogP contribution in [0.25, 0.3) is 11.5 Å². The second kappa shape index (κ2) is 5.57. The van der Waals surface area contributed by atoms with Crippen LogP contribution in [-0.4, -0.2) is 20.4 Å². The van der Waals surface area contributed by atoms with E-state index in [0.29, 0.717) is 12.2 Å². The van der Waals surface area contributed by atoms with Gasteiger partial charge in [0.1, 0.15) is 17.1 Å². The second-order valence-electron chi connectivity index (χ2n) is 4.49. The molecule has 0 aliphatic carbocycles. The largest absolute Gasteiger partial charge is 0.507 e. The molecule has 0 bridgehead atoms. The molecule has 0 saturated carbocycles. The lowest BCUT2D eigenvalue weighted by Crippen LogP contribution is -1.90. The van der Waals surface area contributed by atoms with E-state index >= 15 is 0 Å². The van der Waals surface area contributed by atoms with Crippen LogP contribution < -0.4 is 0 Å². The van der Waals surface area contributed by atoms with Crippen LogP contribution in [-0.2, 0) is 6.42 Å². The van der Waals surface area contributed by atoms with E-state index in [-0.39, 0.29) is 23.0 Å². The van der Waals surface area contributed by atoms with Gasteiger partial charge in [0.2, 0.25) is 0 Å². The van der Waals surface area contributed by atoms with Gasteiger partial charge in [0.15, 0.2) is 5.82 Å². The van der Waals surface area contributed by atoms with Crippen LogP contribution in [0, 0.1) is 0 Å². The molecule has 3 aromatic rings. The number of phenolic OH excluding ortho intramolecular Hbond substituents is 2. The van der Waals surface area contributed by atoms with Gasteiger partial charge in [-0.15, -0.1) is 0 Å². The fourth-order valence-electron chi connectivity index (χ4n) is 1.96. The molecule has 2 aromatic carbocycles. The lowest BCUT2D eigenvalue weighted by molar-refractivity contribution is 0.410. The van der Waals surface area contributed by atoms with Crippen molar-refractivity contribution in [2.45, 2.75) is 6.42 Å². The van der Waals surface area contributed by atoms with Crippen LogP contribution in [0.4, 0.5) is 0 Å². The Balaban J connectivity index is 1.88. The van der Waals surface area contributed by atoms with Crippen molar-refractivity contribution in [3.8, 4) is 23.0 Å². The number of hydrogen-bond acceptors (Lipinski definition) is 5. The summed E-state index contributed by atoms with van der Waals surface area (Å²) in [6.07, 6.45) is 0.505. The van der Waals surface area contributed by atoms with E-state index in [1.807, 2.05) is 24.3 Å². The van der Waals surface area contributed by atoms with E-state index in [4.69, 9.17) is 4.52 Å². The maximum atomic E-state index is 9.78. The van der Waals surface area contributed by atoms with Gasteiger partial charge in [0.25, 0.3) is 5.89 Å². The van der Waals surface area contributed by atoms with Crippen molar-refractivity contribution in [1.82, 2.24) is 10.1 Å². The van der Waals surface area contributed by atoms with Crippen LogP contribution in [0.2, 0.25) is 0 Å². The molecule has 0 radical (unpaired) electrons. The number of halogens is 1. The van der Waals surface area contributed by atoms with Crippen molar-refractivity contribution < 1.29 is 14.7 Å². The minimum Gasteiger partial charge on any atom is -0.507 e. The first-order chi connectivity index (χ1) is 10.1. The van der Waals surface area contributed by atoms with Crippen LogP contribution in [0.5, 0.6) is 11.5 Å². The molecule has 0 aliphatic rings. The highest BCUT2D eigenvalue weighted by molar-refractivity contribution is 9.10. The van der Waals surface area contributed by atoms with Crippen molar-refractivity contribution >= 4 is 15.9 Å². The van der Waals surface area contributed by atoms with Crippen LogP contribution in [0.1, 0.15) is 11.4 Å². The number of benzene rings is 2. The molecule has 1 heterocycles. The first kappa shape index (κ1) is 13.6. The van der Waals surface area contributed by atoms with Gasteiger partial charge in [0, 0.05) is 10.9 Å². The Hall–Kier alpha value is -2.34. The van der Waals surface area contributed by atoms with E-state index in [9.17, 15) is 10.2 Å². The monoisotopic (exact) mass is 346 g/mol. The van der Waals surface area contributed by atoms with Gasteiger partial charge in [0.05, 0.1) is 0 Å². The summed E-state index contributed by atoms with van der Waals surface area (Å²) < 4.78 is 6.12. The molecule has 0 amide bonds. The Morgan fingerprint density at radius 1 is 1.00 bits per heavy atom. The first-order valence-electron chi connectivity index (χ1n) is 6.22. The van der Waals surface area contributed by atoms with Gasteiger partial charge >= 0.3 is 0 Å². The van der Waals surface area contributed by atoms with E-state index in [2.05, 4.69) is 26.1 Å². The molecule has 1 aromatic heterocycles. The van der Waals surface area contributed by atoms with Gasteiger partial charge in [-0.05, 0) is 29.8 Å². The summed E-state index contributed by atoms with van der Waals surface area (Å²) in [5.74, 6) is 0.371. The fraction of sp³-hybridized carbons (Fsp3) is 0.0667. The Morgan fingerprint density at radius 2 is 1.67 bits per heavy atom. The number of phenols is 2. The molecule has 106 valence electrons. The van der Waals surface area contributed by atoms with E-state index < -0.39 is 0 Å². The lowest BCUT2D eigenvalue weighted by Gasteiger charge is -2.01. The Labute approximate surface area is 129 Å². The van der Waals surface area contributed by atoms with Gasteiger partial charge in [-0.25, -0.2) is 0 Å². The number of rotatable bonds is 3. The molecule has 0 atom stereocenters. The van der Waals surface area contributed by atoms with Gasteiger partial charge < -0.3 is 14.7 Å². The maximum absolute atomic E-state index is 9.78. The van der Waals surface area contributed by atoms with Crippen molar-refractivity contribution in [3.05, 3.63) is 58.3 Å². The third kappa shape index (κ3) is 2.90. The average Bonchev–Trinajstić information content (AvgIpc) is 2.89. The number of aromatic hydroxyl groups is 2. The molecular weight excluding hydrogens is 336 g/mol. The van der Waals surface area contributed by atoms with Gasteiger partial charge in [-0.3, -0.25) is 0 Å². The molecule has 5 nitrogen and oxygen atoms in total. The molecule has 6 heteroatoms. The molecular formula is C15H11BrN2O3. The lowest BCUT2D eigenvalue weighted by atomic mass is 10.1. The van der Waals surface area contributed by atoms with Crippen molar-refractivity contribution in [2.24, 2.45) is 0 Å². The molecule has 0 saturated heterocycles. The van der Waals surface area contributed by atoms with E-state index in [1.54, 1.807) is 0 Å². The third-order valence-electron chi connectivity index (χ3n) is 2.98. The molecule has 0 unspecified atom stereocenters. The third-order valence-corrected chi connectivity index (χ3v) is 3.51. The van der Waals surface area contributed by atoms with Crippen LogP contribution >= 0.6 is 15.9 Å². The van der Waals surface area contributed by atoms with E-state index in [0.717, 1.165) is 10.0 Å². The average molecular weight is 347 g/mol. The quantitative estimate of drug-likeness (QED) is 0.758.